The first-order chi connectivity index (χ1) is 11.7. The summed E-state index contributed by atoms with van der Waals surface area (Å²) in [5.41, 5.74) is 1.38. The van der Waals surface area contributed by atoms with Crippen molar-refractivity contribution in [3.63, 3.8) is 0 Å². The van der Waals surface area contributed by atoms with Gasteiger partial charge in [-0.15, -0.1) is 11.3 Å². The van der Waals surface area contributed by atoms with Gasteiger partial charge in [0.2, 0.25) is 0 Å². The lowest BCUT2D eigenvalue weighted by Crippen LogP contribution is -2.09. The van der Waals surface area contributed by atoms with E-state index in [1.54, 1.807) is 41.0 Å². The van der Waals surface area contributed by atoms with E-state index in [-0.39, 0.29) is 6.61 Å². The van der Waals surface area contributed by atoms with E-state index >= 15 is 0 Å². The minimum atomic E-state index is -0.403. The van der Waals surface area contributed by atoms with Gasteiger partial charge < -0.3 is 9.47 Å². The average molecular weight is 380 g/mol. The summed E-state index contributed by atoms with van der Waals surface area (Å²) >= 11 is 8.84. The summed E-state index contributed by atoms with van der Waals surface area (Å²) in [5, 5.41) is 7.20. The van der Waals surface area contributed by atoms with Crippen molar-refractivity contribution in [1.82, 2.24) is 4.98 Å². The van der Waals surface area contributed by atoms with E-state index in [9.17, 15) is 4.79 Å². The number of halogens is 1. The molecule has 0 saturated heterocycles. The second-order valence-electron chi connectivity index (χ2n) is 4.84. The molecule has 0 bridgehead atoms. The number of hydrogen-bond acceptors (Lipinski definition) is 6. The Morgan fingerprint density at radius 1 is 1.12 bits per heavy atom. The van der Waals surface area contributed by atoms with E-state index in [0.717, 1.165) is 16.3 Å². The molecule has 0 spiro atoms. The Morgan fingerprint density at radius 2 is 1.96 bits per heavy atom. The molecule has 3 rings (SSSR count). The molecule has 0 saturated carbocycles. The standard InChI is InChI=1S/C17H14ClNO3S2/c18-13-2-4-14(5-3-13)21-7-1-8-22-17(20)15-11-24-16(19-15)12-6-9-23-10-12/h2-6,9-11H,1,7-8H2. The minimum absolute atomic E-state index is 0.289. The van der Waals surface area contributed by atoms with Gasteiger partial charge in [-0.05, 0) is 35.7 Å². The summed E-state index contributed by atoms with van der Waals surface area (Å²) in [6.07, 6.45) is 0.607. The lowest BCUT2D eigenvalue weighted by atomic mass is 10.3. The quantitative estimate of drug-likeness (QED) is 0.420. The molecule has 0 atom stereocenters. The number of esters is 1. The molecule has 0 aliphatic carbocycles. The van der Waals surface area contributed by atoms with Gasteiger partial charge in [-0.2, -0.15) is 11.3 Å². The van der Waals surface area contributed by atoms with E-state index < -0.39 is 5.97 Å². The second kappa shape index (κ2) is 8.28. The van der Waals surface area contributed by atoms with Crippen LogP contribution in [-0.2, 0) is 4.74 Å². The molecule has 0 aliphatic rings. The number of rotatable bonds is 7. The third-order valence-corrected chi connectivity index (χ3v) is 4.91. The van der Waals surface area contributed by atoms with Crippen LogP contribution in [0.5, 0.6) is 5.75 Å². The molecule has 1 aromatic carbocycles. The lowest BCUT2D eigenvalue weighted by molar-refractivity contribution is 0.0480. The van der Waals surface area contributed by atoms with Gasteiger partial charge in [0.05, 0.1) is 13.2 Å². The predicted molar refractivity (Wildman–Crippen MR) is 97.3 cm³/mol. The van der Waals surface area contributed by atoms with Gasteiger partial charge in [-0.3, -0.25) is 0 Å². The van der Waals surface area contributed by atoms with Crippen molar-refractivity contribution in [3.05, 3.63) is 57.2 Å². The molecule has 124 valence electrons. The summed E-state index contributed by atoms with van der Waals surface area (Å²) in [5.74, 6) is 0.338. The lowest BCUT2D eigenvalue weighted by Gasteiger charge is -2.06. The number of nitrogens with zero attached hydrogens (tertiary/aromatic N) is 1. The van der Waals surface area contributed by atoms with Crippen LogP contribution in [0.3, 0.4) is 0 Å². The zero-order valence-corrected chi connectivity index (χ0v) is 15.0. The average Bonchev–Trinajstić information content (AvgIpc) is 3.27. The summed E-state index contributed by atoms with van der Waals surface area (Å²) in [4.78, 5) is 16.3. The van der Waals surface area contributed by atoms with Crippen LogP contribution < -0.4 is 4.74 Å². The number of carbonyl (C=O) groups is 1. The highest BCUT2D eigenvalue weighted by Gasteiger charge is 2.13. The third kappa shape index (κ3) is 4.56. The summed E-state index contributed by atoms with van der Waals surface area (Å²) < 4.78 is 10.8. The Kier molecular flexibility index (Phi) is 5.85. The van der Waals surface area contributed by atoms with Crippen LogP contribution in [-0.4, -0.2) is 24.2 Å². The van der Waals surface area contributed by atoms with Crippen molar-refractivity contribution in [2.45, 2.75) is 6.42 Å². The molecule has 2 aromatic heterocycles. The Morgan fingerprint density at radius 3 is 2.71 bits per heavy atom. The molecule has 0 N–H and O–H groups in total. The summed E-state index contributed by atoms with van der Waals surface area (Å²) in [7, 11) is 0. The van der Waals surface area contributed by atoms with Gasteiger partial charge in [0.25, 0.3) is 0 Å². The van der Waals surface area contributed by atoms with Crippen LogP contribution in [0.25, 0.3) is 10.6 Å². The fourth-order valence-corrected chi connectivity index (χ4v) is 3.53. The molecule has 2 heterocycles. The highest BCUT2D eigenvalue weighted by molar-refractivity contribution is 7.14. The Bertz CT molecular complexity index is 785. The number of thiophene rings is 1. The topological polar surface area (TPSA) is 48.4 Å². The Balaban J connectivity index is 1.40. The van der Waals surface area contributed by atoms with Crippen molar-refractivity contribution in [3.8, 4) is 16.3 Å². The van der Waals surface area contributed by atoms with Gasteiger partial charge in [0.15, 0.2) is 5.69 Å². The normalized spacial score (nSPS) is 10.5. The van der Waals surface area contributed by atoms with Crippen LogP contribution in [0.2, 0.25) is 5.02 Å². The number of thiazole rings is 1. The maximum Gasteiger partial charge on any atom is 0.357 e. The zero-order chi connectivity index (χ0) is 16.8. The van der Waals surface area contributed by atoms with Gasteiger partial charge >= 0.3 is 5.97 Å². The zero-order valence-electron chi connectivity index (χ0n) is 12.6. The molecule has 0 radical (unpaired) electrons. The van der Waals surface area contributed by atoms with E-state index in [2.05, 4.69) is 4.98 Å². The number of hydrogen-bond donors (Lipinski definition) is 0. The third-order valence-electron chi connectivity index (χ3n) is 3.09. The van der Waals surface area contributed by atoms with Crippen molar-refractivity contribution in [2.75, 3.05) is 13.2 Å². The van der Waals surface area contributed by atoms with Crippen LogP contribution in [0.15, 0.2) is 46.5 Å². The van der Waals surface area contributed by atoms with Gasteiger partial charge in [-0.25, -0.2) is 9.78 Å². The highest BCUT2D eigenvalue weighted by Crippen LogP contribution is 2.25. The van der Waals surface area contributed by atoms with Gasteiger partial charge in [0.1, 0.15) is 10.8 Å². The van der Waals surface area contributed by atoms with Crippen molar-refractivity contribution in [1.29, 1.82) is 0 Å². The monoisotopic (exact) mass is 379 g/mol. The molecular weight excluding hydrogens is 366 g/mol. The maximum atomic E-state index is 12.0. The first-order valence-electron chi connectivity index (χ1n) is 7.26. The Hall–Kier alpha value is -1.89. The molecule has 4 nitrogen and oxygen atoms in total. The fraction of sp³-hybridized carbons (Fsp3) is 0.176. The second-order valence-corrected chi connectivity index (χ2v) is 6.92. The first-order valence-corrected chi connectivity index (χ1v) is 9.46. The molecule has 0 unspecified atom stereocenters. The van der Waals surface area contributed by atoms with Gasteiger partial charge in [-0.1, -0.05) is 11.6 Å². The number of benzene rings is 1. The summed E-state index contributed by atoms with van der Waals surface area (Å²) in [6, 6.07) is 9.12. The van der Waals surface area contributed by atoms with Crippen molar-refractivity contribution in [2.24, 2.45) is 0 Å². The largest absolute Gasteiger partial charge is 0.493 e. The molecule has 0 fully saturated rings. The molecule has 3 aromatic rings. The number of carbonyl (C=O) groups excluding carboxylic acids is 1. The van der Waals surface area contributed by atoms with Crippen molar-refractivity contribution >= 4 is 40.2 Å². The molecule has 0 amide bonds. The highest BCUT2D eigenvalue weighted by atomic mass is 35.5. The molecule has 0 aliphatic heterocycles. The smallest absolute Gasteiger partial charge is 0.357 e. The van der Waals surface area contributed by atoms with Crippen LogP contribution in [0.1, 0.15) is 16.9 Å². The predicted octanol–water partition coefficient (Wildman–Crippen LogP) is 5.15. The van der Waals surface area contributed by atoms with Crippen LogP contribution in [0.4, 0.5) is 0 Å². The van der Waals surface area contributed by atoms with E-state index in [0.29, 0.717) is 23.7 Å². The maximum absolute atomic E-state index is 12.0. The van der Waals surface area contributed by atoms with Crippen LogP contribution >= 0.6 is 34.3 Å². The van der Waals surface area contributed by atoms with E-state index in [1.165, 1.54) is 11.3 Å². The first kappa shape index (κ1) is 17.0. The Labute approximate surface area is 152 Å². The number of aromatic nitrogens is 1. The molecule has 24 heavy (non-hydrogen) atoms. The molecule has 7 heteroatoms. The minimum Gasteiger partial charge on any atom is -0.493 e. The SMILES string of the molecule is O=C(OCCCOc1ccc(Cl)cc1)c1csc(-c2ccsc2)n1. The molecular formula is C17H14ClNO3S2. The van der Waals surface area contributed by atoms with Gasteiger partial charge in [0, 0.05) is 27.8 Å². The number of ether oxygens (including phenoxy) is 2. The van der Waals surface area contributed by atoms with E-state index in [4.69, 9.17) is 21.1 Å². The summed E-state index contributed by atoms with van der Waals surface area (Å²) in [6.45, 7) is 0.754. The van der Waals surface area contributed by atoms with Crippen LogP contribution in [0, 0.1) is 0 Å². The van der Waals surface area contributed by atoms with Crippen molar-refractivity contribution < 1.29 is 14.3 Å². The van der Waals surface area contributed by atoms with E-state index in [1.807, 2.05) is 16.8 Å². The fourth-order valence-electron chi connectivity index (χ4n) is 1.90.